The van der Waals surface area contributed by atoms with Crippen LogP contribution in [-0.2, 0) is 53.6 Å². The average molecular weight is 1350 g/mol. The van der Waals surface area contributed by atoms with Gasteiger partial charge in [-0.2, -0.15) is 26.3 Å². The number of rotatable bonds is 25. The van der Waals surface area contributed by atoms with Gasteiger partial charge in [0.15, 0.2) is 0 Å². The Morgan fingerprint density at radius 2 is 1.35 bits per heavy atom. The second-order valence-corrected chi connectivity index (χ2v) is 26.7. The van der Waals surface area contributed by atoms with Crippen molar-refractivity contribution in [2.75, 3.05) is 117 Å². The maximum atomic E-state index is 14.3. The van der Waals surface area contributed by atoms with Gasteiger partial charge in [-0.3, -0.25) is 24.5 Å². The zero-order valence-corrected chi connectivity index (χ0v) is 55.4. The standard InChI is InChI=1S/C72H83F7N8O8S/c1-49-41-62(80-31-14-6-9-21-63(88)82(2)39-40-85-32-26-57(27-33-85)95-68(92)81-60-20-13-11-18-58(60)50-15-7-5-8-16-50)96-65(49)67(91)84(4)38-37-83(3)64(89)46-93-61-44-51-17-10-12-19-59(51)69(61)28-34-86(35-29-69)36-30-70(53-22-24-56(73)25-23-53)47-87(48-94-70)66(90)52-42-54(71(74,75)76)45-55(43-52)72(77,78)79/h5,7-8,10-13,15-20,22-25,41-43,45,57,61,80H,6,9,14,21,26-40,44,46-48H2,1-4H3,(H,81,92)/t61-,70+/m0/s1. The summed E-state index contributed by atoms with van der Waals surface area (Å²) in [5, 5.41) is 7.25. The molecule has 16 nitrogen and oxygen atoms in total. The quantitative estimate of drug-likeness (QED) is 0.0415. The molecule has 514 valence electrons. The number of thiophene rings is 1. The summed E-state index contributed by atoms with van der Waals surface area (Å²) >= 11 is 1.39. The first-order valence-corrected chi connectivity index (χ1v) is 33.5. The molecule has 5 aromatic carbocycles. The third-order valence-electron chi connectivity index (χ3n) is 19.3. The van der Waals surface area contributed by atoms with Gasteiger partial charge in [0.2, 0.25) is 11.8 Å². The van der Waals surface area contributed by atoms with E-state index >= 15 is 0 Å². The van der Waals surface area contributed by atoms with Crippen LogP contribution in [-0.4, -0.2) is 178 Å². The Morgan fingerprint density at radius 1 is 0.708 bits per heavy atom. The van der Waals surface area contributed by atoms with Crippen molar-refractivity contribution in [3.05, 3.63) is 177 Å². The molecule has 0 bridgehead atoms. The van der Waals surface area contributed by atoms with Crippen molar-refractivity contribution in [1.29, 1.82) is 0 Å². The first-order valence-electron chi connectivity index (χ1n) is 32.7. The number of piperidine rings is 2. The normalized spacial score (nSPS) is 18.3. The molecule has 3 saturated heterocycles. The molecule has 0 unspecified atom stereocenters. The monoisotopic (exact) mass is 1350 g/mol. The lowest BCUT2D eigenvalue weighted by Gasteiger charge is -2.44. The van der Waals surface area contributed by atoms with Crippen molar-refractivity contribution in [3.63, 3.8) is 0 Å². The summed E-state index contributed by atoms with van der Waals surface area (Å²) in [6, 6.07) is 33.9. The predicted octanol–water partition coefficient (Wildman–Crippen LogP) is 13.0. The average Bonchev–Trinajstić information content (AvgIpc) is 1.58. The van der Waals surface area contributed by atoms with Gasteiger partial charge in [-0.25, -0.2) is 9.18 Å². The number of hydrogen-bond acceptors (Lipinski definition) is 12. The minimum Gasteiger partial charge on any atom is -0.446 e. The summed E-state index contributed by atoms with van der Waals surface area (Å²) in [6.45, 7) is 6.84. The maximum absolute atomic E-state index is 14.3. The fraction of sp³-hybridized carbons (Fsp3) is 0.458. The van der Waals surface area contributed by atoms with E-state index in [-0.39, 0.29) is 68.7 Å². The second kappa shape index (κ2) is 31.1. The van der Waals surface area contributed by atoms with Crippen molar-refractivity contribution in [1.82, 2.24) is 29.4 Å². The number of fused-ring (bicyclic) bond motifs is 2. The highest BCUT2D eigenvalue weighted by molar-refractivity contribution is 7.18. The van der Waals surface area contributed by atoms with Crippen LogP contribution in [0.4, 0.5) is 46.2 Å². The van der Waals surface area contributed by atoms with E-state index in [2.05, 4.69) is 32.6 Å². The number of likely N-dealkylation sites (N-methyl/N-ethyl adjacent to an activating group) is 3. The first kappa shape index (κ1) is 70.9. The number of para-hydroxylation sites is 1. The molecule has 1 aromatic heterocycles. The summed E-state index contributed by atoms with van der Waals surface area (Å²) in [5.74, 6) is -1.89. The molecule has 2 atom stereocenters. The van der Waals surface area contributed by atoms with Crippen LogP contribution in [0.5, 0.6) is 0 Å². The number of nitrogens with one attached hydrogen (secondary N) is 2. The van der Waals surface area contributed by atoms with Crippen molar-refractivity contribution >= 4 is 51.7 Å². The van der Waals surface area contributed by atoms with E-state index < -0.39 is 64.6 Å². The number of halogens is 7. The molecule has 10 rings (SSSR count). The van der Waals surface area contributed by atoms with Crippen LogP contribution in [0.1, 0.15) is 111 Å². The van der Waals surface area contributed by atoms with Crippen LogP contribution in [0.15, 0.2) is 127 Å². The molecule has 2 N–H and O–H groups in total. The number of carbonyl (C=O) groups is 5. The second-order valence-electron chi connectivity index (χ2n) is 25.7. The molecule has 5 amide bonds. The van der Waals surface area contributed by atoms with Crippen LogP contribution in [0.3, 0.4) is 0 Å². The number of amides is 5. The van der Waals surface area contributed by atoms with E-state index in [1.54, 1.807) is 28.8 Å². The zero-order valence-electron chi connectivity index (χ0n) is 54.5. The summed E-state index contributed by atoms with van der Waals surface area (Å²) < 4.78 is 116. The lowest BCUT2D eigenvalue weighted by Crippen LogP contribution is -2.50. The maximum Gasteiger partial charge on any atom is 0.416 e. The van der Waals surface area contributed by atoms with Gasteiger partial charge < -0.3 is 48.9 Å². The molecule has 3 fully saturated rings. The highest BCUT2D eigenvalue weighted by atomic mass is 32.1. The van der Waals surface area contributed by atoms with Crippen LogP contribution < -0.4 is 10.6 Å². The number of carbonyl (C=O) groups excluding carboxylic acids is 5. The van der Waals surface area contributed by atoms with Crippen molar-refractivity contribution in [2.45, 2.75) is 107 Å². The van der Waals surface area contributed by atoms with Crippen LogP contribution in [0.2, 0.25) is 0 Å². The Bertz CT molecular complexity index is 3640. The van der Waals surface area contributed by atoms with Crippen LogP contribution in [0, 0.1) is 12.7 Å². The molecule has 24 heteroatoms. The Labute approximate surface area is 559 Å². The smallest absolute Gasteiger partial charge is 0.416 e. The van der Waals surface area contributed by atoms with Gasteiger partial charge in [-0.1, -0.05) is 91.3 Å². The molecule has 0 saturated carbocycles. The first-order chi connectivity index (χ1) is 45.9. The Balaban J connectivity index is 0.623. The van der Waals surface area contributed by atoms with Gasteiger partial charge >= 0.3 is 18.4 Å². The summed E-state index contributed by atoms with van der Waals surface area (Å²) in [6.07, 6.45) is -4.73. The van der Waals surface area contributed by atoms with E-state index in [0.717, 1.165) is 89.5 Å². The van der Waals surface area contributed by atoms with Gasteiger partial charge in [0.25, 0.3) is 11.8 Å². The number of benzene rings is 5. The zero-order chi connectivity index (χ0) is 68.4. The minimum atomic E-state index is -5.15. The number of unbranched alkanes of at least 4 members (excludes halogenated alkanes) is 2. The van der Waals surface area contributed by atoms with E-state index in [9.17, 15) is 54.7 Å². The Morgan fingerprint density at radius 3 is 2.06 bits per heavy atom. The third-order valence-corrected chi connectivity index (χ3v) is 20.4. The van der Waals surface area contributed by atoms with Crippen LogP contribution >= 0.6 is 11.3 Å². The molecule has 1 aliphatic carbocycles. The molecule has 3 aliphatic heterocycles. The number of ether oxygens (including phenoxy) is 3. The number of likely N-dealkylation sites (tertiary alicyclic amines) is 2. The molecule has 1 spiro atoms. The van der Waals surface area contributed by atoms with Gasteiger partial charge in [0, 0.05) is 96.5 Å². The topological polar surface area (TPSA) is 157 Å². The molecular formula is C72H83F7N8O8S. The highest BCUT2D eigenvalue weighted by Crippen LogP contribution is 2.49. The molecule has 6 aromatic rings. The largest absolute Gasteiger partial charge is 0.446 e. The Hall–Kier alpha value is -7.90. The number of aryl methyl sites for hydroxylation is 1. The van der Waals surface area contributed by atoms with E-state index in [4.69, 9.17) is 14.2 Å². The lowest BCUT2D eigenvalue weighted by molar-refractivity contribution is -0.143. The fourth-order valence-electron chi connectivity index (χ4n) is 13.5. The number of hydrogen-bond donors (Lipinski definition) is 2. The van der Waals surface area contributed by atoms with Gasteiger partial charge in [0.1, 0.15) is 30.9 Å². The third kappa shape index (κ3) is 17.4. The van der Waals surface area contributed by atoms with Gasteiger partial charge in [-0.05, 0) is 142 Å². The van der Waals surface area contributed by atoms with Crippen LogP contribution in [0.25, 0.3) is 11.1 Å². The summed E-state index contributed by atoms with van der Waals surface area (Å²) in [5.41, 5.74) is 0.542. The minimum absolute atomic E-state index is 0.0295. The molecule has 0 radical (unpaired) electrons. The number of anilines is 2. The SMILES string of the molecule is Cc1cc(NCCCCCC(=O)N(C)CCN2CCC(OC(=O)Nc3ccccc3-c3ccccc3)CC2)sc1C(=O)N(C)CCN(C)C(=O)CO[C@H]1Cc2ccccc2C12CCN(CC[C@]1(c3ccc(F)cc3)CN(C(=O)c3cc(C(F)(F)F)cc(C(F)(F)F)c3)CO1)CC2. The van der Waals surface area contributed by atoms with Crippen molar-refractivity contribution in [3.8, 4) is 11.1 Å². The molecule has 96 heavy (non-hydrogen) atoms. The summed E-state index contributed by atoms with van der Waals surface area (Å²) in [7, 11) is 5.25. The Kier molecular flexibility index (Phi) is 23.0. The van der Waals surface area contributed by atoms with Crippen molar-refractivity contribution < 1.29 is 68.9 Å². The van der Waals surface area contributed by atoms with Crippen molar-refractivity contribution in [2.24, 2.45) is 0 Å². The predicted molar refractivity (Wildman–Crippen MR) is 353 cm³/mol. The molecule has 4 aliphatic rings. The number of alkyl halides is 6. The van der Waals surface area contributed by atoms with E-state index in [0.29, 0.717) is 86.7 Å². The number of nitrogens with zero attached hydrogens (tertiary/aromatic N) is 6. The van der Waals surface area contributed by atoms with Gasteiger partial charge in [0.05, 0.1) is 39.3 Å². The molecular weight excluding hydrogens is 1270 g/mol. The highest BCUT2D eigenvalue weighted by Gasteiger charge is 2.50. The van der Waals surface area contributed by atoms with E-state index in [1.165, 1.54) is 35.6 Å². The van der Waals surface area contributed by atoms with Gasteiger partial charge in [-0.15, -0.1) is 11.3 Å². The summed E-state index contributed by atoms with van der Waals surface area (Å²) in [4.78, 5) is 78.4. The fourth-order valence-corrected chi connectivity index (χ4v) is 14.5. The molecule has 4 heterocycles. The lowest BCUT2D eigenvalue weighted by atomic mass is 9.72. The van der Waals surface area contributed by atoms with E-state index in [1.807, 2.05) is 86.8 Å².